The SMILES string of the molecule is CC1CCNC1c1nc(COCC(F)(F)C(F)F)no1. The first-order chi connectivity index (χ1) is 9.40. The summed E-state index contributed by atoms with van der Waals surface area (Å²) in [5.41, 5.74) is 0. The molecule has 9 heteroatoms. The van der Waals surface area contributed by atoms with Gasteiger partial charge >= 0.3 is 12.3 Å². The highest BCUT2D eigenvalue weighted by Crippen LogP contribution is 2.28. The molecule has 5 nitrogen and oxygen atoms in total. The Morgan fingerprint density at radius 2 is 2.25 bits per heavy atom. The second-order valence-electron chi connectivity index (χ2n) is 4.80. The van der Waals surface area contributed by atoms with Crippen LogP contribution >= 0.6 is 0 Å². The third-order valence-corrected chi connectivity index (χ3v) is 3.13. The zero-order chi connectivity index (χ0) is 14.8. The molecule has 1 aliphatic rings. The maximum atomic E-state index is 12.6. The van der Waals surface area contributed by atoms with Crippen molar-refractivity contribution in [1.29, 1.82) is 0 Å². The van der Waals surface area contributed by atoms with Gasteiger partial charge in [0.25, 0.3) is 0 Å². The summed E-state index contributed by atoms with van der Waals surface area (Å²) in [7, 11) is 0. The van der Waals surface area contributed by atoms with E-state index in [1.807, 2.05) is 6.92 Å². The van der Waals surface area contributed by atoms with E-state index >= 15 is 0 Å². The molecule has 0 aromatic carbocycles. The first kappa shape index (κ1) is 15.2. The van der Waals surface area contributed by atoms with Crippen LogP contribution in [0.1, 0.15) is 31.1 Å². The Kier molecular flexibility index (Phi) is 4.59. The molecule has 114 valence electrons. The quantitative estimate of drug-likeness (QED) is 0.815. The van der Waals surface area contributed by atoms with Gasteiger partial charge in [0.2, 0.25) is 5.89 Å². The fourth-order valence-electron chi connectivity index (χ4n) is 1.96. The van der Waals surface area contributed by atoms with E-state index in [-0.39, 0.29) is 11.9 Å². The third kappa shape index (κ3) is 3.45. The minimum absolute atomic E-state index is 0.0611. The highest BCUT2D eigenvalue weighted by molar-refractivity contribution is 4.97. The van der Waals surface area contributed by atoms with Crippen molar-refractivity contribution in [2.24, 2.45) is 5.92 Å². The average molecular weight is 297 g/mol. The molecule has 2 atom stereocenters. The molecule has 1 saturated heterocycles. The summed E-state index contributed by atoms with van der Waals surface area (Å²) in [5, 5.41) is 6.75. The predicted molar refractivity (Wildman–Crippen MR) is 59.4 cm³/mol. The molecule has 2 unspecified atom stereocenters. The number of halogens is 4. The van der Waals surface area contributed by atoms with Crippen LogP contribution in [-0.4, -0.2) is 35.6 Å². The number of aromatic nitrogens is 2. The van der Waals surface area contributed by atoms with Crippen molar-refractivity contribution in [2.45, 2.75) is 38.3 Å². The largest absolute Gasteiger partial charge is 0.367 e. The van der Waals surface area contributed by atoms with Gasteiger partial charge in [0.05, 0.1) is 6.04 Å². The maximum absolute atomic E-state index is 12.6. The highest BCUT2D eigenvalue weighted by atomic mass is 19.3. The summed E-state index contributed by atoms with van der Waals surface area (Å²) in [6.45, 7) is 1.08. The van der Waals surface area contributed by atoms with E-state index in [9.17, 15) is 17.6 Å². The van der Waals surface area contributed by atoms with Gasteiger partial charge in [-0.15, -0.1) is 0 Å². The number of rotatable bonds is 6. The van der Waals surface area contributed by atoms with Gasteiger partial charge in [-0.3, -0.25) is 0 Å². The molecule has 1 fully saturated rings. The number of hydrogen-bond acceptors (Lipinski definition) is 5. The van der Waals surface area contributed by atoms with Crippen molar-refractivity contribution in [3.63, 3.8) is 0 Å². The fourth-order valence-corrected chi connectivity index (χ4v) is 1.96. The zero-order valence-corrected chi connectivity index (χ0v) is 10.8. The van der Waals surface area contributed by atoms with Gasteiger partial charge in [-0.2, -0.15) is 13.8 Å². The number of nitrogens with zero attached hydrogens (tertiary/aromatic N) is 2. The number of alkyl halides is 4. The predicted octanol–water partition coefficient (Wildman–Crippen LogP) is 2.16. The minimum Gasteiger partial charge on any atom is -0.367 e. The zero-order valence-electron chi connectivity index (χ0n) is 10.8. The van der Waals surface area contributed by atoms with Crippen LogP contribution in [0.5, 0.6) is 0 Å². The van der Waals surface area contributed by atoms with Crippen molar-refractivity contribution in [2.75, 3.05) is 13.2 Å². The molecule has 1 aromatic rings. The molecule has 2 rings (SSSR count). The molecular formula is C11H15F4N3O2. The molecule has 2 heterocycles. The summed E-state index contributed by atoms with van der Waals surface area (Å²) in [6, 6.07) is -0.0706. The molecule has 1 aliphatic heterocycles. The smallest absolute Gasteiger partial charge is 0.330 e. The fraction of sp³-hybridized carbons (Fsp3) is 0.818. The molecule has 0 bridgehead atoms. The normalized spacial score (nSPS) is 23.7. The lowest BCUT2D eigenvalue weighted by molar-refractivity contribution is -0.168. The van der Waals surface area contributed by atoms with Crippen LogP contribution in [0.2, 0.25) is 0 Å². The number of hydrogen-bond donors (Lipinski definition) is 1. The van der Waals surface area contributed by atoms with Crippen molar-refractivity contribution in [3.8, 4) is 0 Å². The van der Waals surface area contributed by atoms with Crippen LogP contribution in [0, 0.1) is 5.92 Å². The molecule has 20 heavy (non-hydrogen) atoms. The lowest BCUT2D eigenvalue weighted by Crippen LogP contribution is -2.32. The van der Waals surface area contributed by atoms with E-state index < -0.39 is 25.6 Å². The van der Waals surface area contributed by atoms with Crippen LogP contribution in [-0.2, 0) is 11.3 Å². The molecule has 0 spiro atoms. The van der Waals surface area contributed by atoms with E-state index in [1.165, 1.54) is 0 Å². The van der Waals surface area contributed by atoms with Crippen LogP contribution in [0.3, 0.4) is 0 Å². The summed E-state index contributed by atoms with van der Waals surface area (Å²) < 4.78 is 58.5. The second-order valence-corrected chi connectivity index (χ2v) is 4.80. The Morgan fingerprint density at radius 3 is 2.85 bits per heavy atom. The molecule has 0 radical (unpaired) electrons. The monoisotopic (exact) mass is 297 g/mol. The maximum Gasteiger partial charge on any atom is 0.330 e. The van der Waals surface area contributed by atoms with E-state index in [0.29, 0.717) is 11.8 Å². The Labute approximate surface area is 112 Å². The summed E-state index contributed by atoms with van der Waals surface area (Å²) in [5.74, 6) is -3.43. The van der Waals surface area contributed by atoms with E-state index in [1.54, 1.807) is 0 Å². The van der Waals surface area contributed by atoms with Gasteiger partial charge in [0.1, 0.15) is 13.2 Å². The molecule has 0 saturated carbocycles. The van der Waals surface area contributed by atoms with Crippen molar-refractivity contribution in [3.05, 3.63) is 11.7 Å². The molecular weight excluding hydrogens is 282 g/mol. The Morgan fingerprint density at radius 1 is 1.50 bits per heavy atom. The topological polar surface area (TPSA) is 60.2 Å². The minimum atomic E-state index is -4.17. The lowest BCUT2D eigenvalue weighted by atomic mass is 10.0. The summed E-state index contributed by atoms with van der Waals surface area (Å²) in [6.07, 6.45) is -2.79. The summed E-state index contributed by atoms with van der Waals surface area (Å²) >= 11 is 0. The first-order valence-corrected chi connectivity index (χ1v) is 6.19. The highest BCUT2D eigenvalue weighted by Gasteiger charge is 2.41. The molecule has 0 amide bonds. The van der Waals surface area contributed by atoms with Gasteiger partial charge in [0, 0.05) is 0 Å². The average Bonchev–Trinajstić information content (AvgIpc) is 2.97. The lowest BCUT2D eigenvalue weighted by Gasteiger charge is -2.14. The van der Waals surface area contributed by atoms with Crippen molar-refractivity contribution >= 4 is 0 Å². The first-order valence-electron chi connectivity index (χ1n) is 6.19. The van der Waals surface area contributed by atoms with Crippen LogP contribution < -0.4 is 5.32 Å². The summed E-state index contributed by atoms with van der Waals surface area (Å²) in [4.78, 5) is 4.01. The van der Waals surface area contributed by atoms with Gasteiger partial charge in [-0.1, -0.05) is 12.1 Å². The van der Waals surface area contributed by atoms with E-state index in [4.69, 9.17) is 4.52 Å². The molecule has 0 aliphatic carbocycles. The van der Waals surface area contributed by atoms with Gasteiger partial charge in [0.15, 0.2) is 5.82 Å². The number of nitrogens with one attached hydrogen (secondary N) is 1. The molecule has 1 aromatic heterocycles. The third-order valence-electron chi connectivity index (χ3n) is 3.13. The van der Waals surface area contributed by atoms with Crippen LogP contribution in [0.4, 0.5) is 17.6 Å². The second kappa shape index (κ2) is 6.04. The van der Waals surface area contributed by atoms with Gasteiger partial charge in [-0.05, 0) is 18.9 Å². The number of ether oxygens (including phenoxy) is 1. The van der Waals surface area contributed by atoms with Gasteiger partial charge in [-0.25, -0.2) is 8.78 Å². The Balaban J connectivity index is 1.84. The van der Waals surface area contributed by atoms with Crippen LogP contribution in [0.15, 0.2) is 4.52 Å². The van der Waals surface area contributed by atoms with Crippen molar-refractivity contribution in [1.82, 2.24) is 15.5 Å². The Bertz CT molecular complexity index is 441. The van der Waals surface area contributed by atoms with Crippen molar-refractivity contribution < 1.29 is 26.8 Å². The Hall–Kier alpha value is -1.22. The molecule has 1 N–H and O–H groups in total. The van der Waals surface area contributed by atoms with Gasteiger partial charge < -0.3 is 14.6 Å². The van der Waals surface area contributed by atoms with E-state index in [0.717, 1.165) is 13.0 Å². The van der Waals surface area contributed by atoms with Crippen LogP contribution in [0.25, 0.3) is 0 Å². The standard InChI is InChI=1S/C11H15F4N3O2/c1-6-2-3-16-8(6)9-17-7(18-20-9)4-19-5-11(14,15)10(12)13/h6,8,10,16H,2-5H2,1H3. The van der Waals surface area contributed by atoms with E-state index in [2.05, 4.69) is 20.2 Å².